The average Bonchev–Trinajstić information content (AvgIpc) is 2.85. The largest absolute Gasteiger partial charge is 0.329 e. The molecule has 0 aromatic heterocycles. The van der Waals surface area contributed by atoms with Gasteiger partial charge in [-0.1, -0.05) is 25.0 Å². The highest BCUT2D eigenvalue weighted by Gasteiger charge is 2.39. The van der Waals surface area contributed by atoms with E-state index in [4.69, 9.17) is 5.73 Å². The zero-order valence-corrected chi connectivity index (χ0v) is 11.3. The molecule has 0 atom stereocenters. The third-order valence-corrected chi connectivity index (χ3v) is 4.29. The smallest absolute Gasteiger partial charge is 0.231 e. The maximum Gasteiger partial charge on any atom is 0.231 e. The molecule has 3 nitrogen and oxygen atoms in total. The first kappa shape index (κ1) is 13.1. The first-order chi connectivity index (χ1) is 8.59. The molecule has 1 aliphatic carbocycles. The zero-order valence-electron chi connectivity index (χ0n) is 11.3. The molecule has 1 saturated carbocycles. The molecule has 1 aliphatic rings. The van der Waals surface area contributed by atoms with Crippen molar-refractivity contribution in [2.45, 2.75) is 39.5 Å². The van der Waals surface area contributed by atoms with Crippen LogP contribution in [0.1, 0.15) is 36.8 Å². The molecule has 0 bridgehead atoms. The van der Waals surface area contributed by atoms with Crippen LogP contribution in [0, 0.1) is 19.3 Å². The van der Waals surface area contributed by atoms with Gasteiger partial charge in [0.1, 0.15) is 0 Å². The first-order valence-corrected chi connectivity index (χ1v) is 6.67. The Morgan fingerprint density at radius 1 is 1.33 bits per heavy atom. The van der Waals surface area contributed by atoms with Gasteiger partial charge in [0.25, 0.3) is 0 Å². The van der Waals surface area contributed by atoms with Crippen LogP contribution in [0.3, 0.4) is 0 Å². The fourth-order valence-corrected chi connectivity index (χ4v) is 2.72. The average molecular weight is 246 g/mol. The Kier molecular flexibility index (Phi) is 3.71. The van der Waals surface area contributed by atoms with Gasteiger partial charge < -0.3 is 11.1 Å². The molecule has 18 heavy (non-hydrogen) atoms. The molecule has 1 aromatic carbocycles. The molecule has 1 aromatic rings. The molecule has 2 rings (SSSR count). The molecule has 3 N–H and O–H groups in total. The van der Waals surface area contributed by atoms with Gasteiger partial charge in [-0.05, 0) is 43.9 Å². The van der Waals surface area contributed by atoms with Crippen LogP contribution in [0.25, 0.3) is 0 Å². The van der Waals surface area contributed by atoms with Crippen LogP contribution in [0.2, 0.25) is 0 Å². The number of hydrogen-bond acceptors (Lipinski definition) is 2. The Labute approximate surface area is 109 Å². The Morgan fingerprint density at radius 3 is 2.61 bits per heavy atom. The van der Waals surface area contributed by atoms with Crippen molar-refractivity contribution in [3.8, 4) is 0 Å². The first-order valence-electron chi connectivity index (χ1n) is 6.67. The van der Waals surface area contributed by atoms with Crippen molar-refractivity contribution in [2.24, 2.45) is 11.1 Å². The molecule has 3 heteroatoms. The molecule has 0 unspecified atom stereocenters. The van der Waals surface area contributed by atoms with E-state index in [1.54, 1.807) is 0 Å². The number of hydrogen-bond donors (Lipinski definition) is 2. The summed E-state index contributed by atoms with van der Waals surface area (Å²) in [7, 11) is 0. The SMILES string of the molecule is Cc1cccc(NC(=O)C2(CN)CCCC2)c1C. The van der Waals surface area contributed by atoms with Gasteiger partial charge >= 0.3 is 0 Å². The topological polar surface area (TPSA) is 55.1 Å². The highest BCUT2D eigenvalue weighted by atomic mass is 16.2. The molecule has 98 valence electrons. The second-order valence-corrected chi connectivity index (χ2v) is 5.39. The minimum absolute atomic E-state index is 0.0937. The fourth-order valence-electron chi connectivity index (χ4n) is 2.72. The van der Waals surface area contributed by atoms with E-state index in [2.05, 4.69) is 18.3 Å². The lowest BCUT2D eigenvalue weighted by Gasteiger charge is -2.26. The van der Waals surface area contributed by atoms with Gasteiger partial charge in [0.05, 0.1) is 5.41 Å². The summed E-state index contributed by atoms with van der Waals surface area (Å²) in [5, 5.41) is 3.07. The second-order valence-electron chi connectivity index (χ2n) is 5.39. The van der Waals surface area contributed by atoms with E-state index in [9.17, 15) is 4.79 Å². The highest BCUT2D eigenvalue weighted by molar-refractivity contribution is 5.96. The van der Waals surface area contributed by atoms with E-state index in [1.165, 1.54) is 5.56 Å². The molecule has 0 spiro atoms. The van der Waals surface area contributed by atoms with Crippen molar-refractivity contribution in [2.75, 3.05) is 11.9 Å². The van der Waals surface area contributed by atoms with Crippen molar-refractivity contribution in [3.05, 3.63) is 29.3 Å². The van der Waals surface area contributed by atoms with Crippen LogP contribution >= 0.6 is 0 Å². The number of amides is 1. The lowest BCUT2D eigenvalue weighted by molar-refractivity contribution is -0.124. The maximum atomic E-state index is 12.4. The Balaban J connectivity index is 2.18. The number of aryl methyl sites for hydroxylation is 1. The standard InChI is InChI=1S/C15H22N2O/c1-11-6-5-7-13(12(11)2)17-14(18)15(10-16)8-3-4-9-15/h5-7H,3-4,8-10,16H2,1-2H3,(H,17,18). The van der Waals surface area contributed by atoms with Gasteiger partial charge in [-0.25, -0.2) is 0 Å². The number of anilines is 1. The molecule has 0 radical (unpaired) electrons. The minimum atomic E-state index is -0.337. The van der Waals surface area contributed by atoms with Crippen LogP contribution in [-0.2, 0) is 4.79 Å². The van der Waals surface area contributed by atoms with Crippen LogP contribution in [0.15, 0.2) is 18.2 Å². The summed E-state index contributed by atoms with van der Waals surface area (Å²) in [5.74, 6) is 0.0937. The minimum Gasteiger partial charge on any atom is -0.329 e. The summed E-state index contributed by atoms with van der Waals surface area (Å²) in [5.41, 5.74) is 8.74. The third kappa shape index (κ3) is 2.27. The Bertz CT molecular complexity index is 448. The number of benzene rings is 1. The predicted molar refractivity (Wildman–Crippen MR) is 74.5 cm³/mol. The van der Waals surface area contributed by atoms with Gasteiger partial charge in [-0.15, -0.1) is 0 Å². The summed E-state index contributed by atoms with van der Waals surface area (Å²) in [6.45, 7) is 4.54. The number of carbonyl (C=O) groups excluding carboxylic acids is 1. The zero-order chi connectivity index (χ0) is 13.2. The monoisotopic (exact) mass is 246 g/mol. The summed E-state index contributed by atoms with van der Waals surface area (Å²) < 4.78 is 0. The maximum absolute atomic E-state index is 12.4. The van der Waals surface area contributed by atoms with Gasteiger partial charge in [0.2, 0.25) is 5.91 Å². The van der Waals surface area contributed by atoms with Gasteiger partial charge in [0.15, 0.2) is 0 Å². The quantitative estimate of drug-likeness (QED) is 0.861. The second kappa shape index (κ2) is 5.11. The van der Waals surface area contributed by atoms with E-state index < -0.39 is 0 Å². The summed E-state index contributed by atoms with van der Waals surface area (Å²) in [6.07, 6.45) is 4.05. The van der Waals surface area contributed by atoms with Crippen molar-refractivity contribution in [1.29, 1.82) is 0 Å². The Hall–Kier alpha value is -1.35. The lowest BCUT2D eigenvalue weighted by Crippen LogP contribution is -2.40. The Morgan fingerprint density at radius 2 is 2.00 bits per heavy atom. The van der Waals surface area contributed by atoms with Gasteiger partial charge in [-0.3, -0.25) is 4.79 Å². The van der Waals surface area contributed by atoms with Crippen molar-refractivity contribution >= 4 is 11.6 Å². The molecule has 1 fully saturated rings. The molecule has 0 aliphatic heterocycles. The number of rotatable bonds is 3. The van der Waals surface area contributed by atoms with Crippen molar-refractivity contribution in [3.63, 3.8) is 0 Å². The number of nitrogens with two attached hydrogens (primary N) is 1. The van der Waals surface area contributed by atoms with Crippen molar-refractivity contribution < 1.29 is 4.79 Å². The van der Waals surface area contributed by atoms with E-state index in [0.29, 0.717) is 6.54 Å². The molecular weight excluding hydrogens is 224 g/mol. The number of nitrogens with one attached hydrogen (secondary N) is 1. The third-order valence-electron chi connectivity index (χ3n) is 4.29. The summed E-state index contributed by atoms with van der Waals surface area (Å²) in [4.78, 5) is 12.4. The molecule has 1 amide bonds. The van der Waals surface area contributed by atoms with Crippen molar-refractivity contribution in [1.82, 2.24) is 0 Å². The van der Waals surface area contributed by atoms with Crippen LogP contribution in [-0.4, -0.2) is 12.5 Å². The molecular formula is C15H22N2O. The van der Waals surface area contributed by atoms with E-state index >= 15 is 0 Å². The van der Waals surface area contributed by atoms with Crippen LogP contribution in [0.4, 0.5) is 5.69 Å². The molecule has 0 heterocycles. The van der Waals surface area contributed by atoms with E-state index in [1.807, 2.05) is 19.1 Å². The van der Waals surface area contributed by atoms with E-state index in [0.717, 1.165) is 36.9 Å². The summed E-state index contributed by atoms with van der Waals surface area (Å²) in [6, 6.07) is 5.99. The van der Waals surface area contributed by atoms with E-state index in [-0.39, 0.29) is 11.3 Å². The molecule has 0 saturated heterocycles. The van der Waals surface area contributed by atoms with Crippen LogP contribution in [0.5, 0.6) is 0 Å². The van der Waals surface area contributed by atoms with Gasteiger partial charge in [0, 0.05) is 12.2 Å². The van der Waals surface area contributed by atoms with Crippen LogP contribution < -0.4 is 11.1 Å². The lowest BCUT2D eigenvalue weighted by atomic mass is 9.85. The number of carbonyl (C=O) groups is 1. The summed E-state index contributed by atoms with van der Waals surface area (Å²) >= 11 is 0. The fraction of sp³-hybridized carbons (Fsp3) is 0.533. The highest BCUT2D eigenvalue weighted by Crippen LogP contribution is 2.38. The predicted octanol–water partition coefficient (Wildman–Crippen LogP) is 2.76. The normalized spacial score (nSPS) is 17.7. The van der Waals surface area contributed by atoms with Gasteiger partial charge in [-0.2, -0.15) is 0 Å².